The summed E-state index contributed by atoms with van der Waals surface area (Å²) < 4.78 is 0. The zero-order valence-electron chi connectivity index (χ0n) is 18.4. The van der Waals surface area contributed by atoms with Crippen molar-refractivity contribution in [3.8, 4) is 6.07 Å². The summed E-state index contributed by atoms with van der Waals surface area (Å²) in [5.41, 5.74) is 3.68. The molecule has 2 aromatic carbocycles. The lowest BCUT2D eigenvalue weighted by Crippen LogP contribution is -2.55. The van der Waals surface area contributed by atoms with Crippen molar-refractivity contribution >= 4 is 40.4 Å². The van der Waals surface area contributed by atoms with E-state index in [2.05, 4.69) is 23.5 Å². The van der Waals surface area contributed by atoms with Crippen LogP contribution in [0.5, 0.6) is 0 Å². The van der Waals surface area contributed by atoms with Crippen molar-refractivity contribution in [1.29, 1.82) is 10.7 Å². The van der Waals surface area contributed by atoms with Crippen LogP contribution in [0.3, 0.4) is 0 Å². The van der Waals surface area contributed by atoms with Crippen LogP contribution in [0.1, 0.15) is 48.8 Å². The molecular formula is C25H27N5OS. The average molecular weight is 446 g/mol. The molecule has 1 saturated heterocycles. The maximum absolute atomic E-state index is 13.6. The number of aryl methyl sites for hydroxylation is 2. The number of carbonyl (C=O) groups excluding carboxylic acids is 1. The summed E-state index contributed by atoms with van der Waals surface area (Å²) in [5, 5.41) is 20.3. The summed E-state index contributed by atoms with van der Waals surface area (Å²) in [4.78, 5) is 17.2. The van der Waals surface area contributed by atoms with E-state index >= 15 is 0 Å². The van der Waals surface area contributed by atoms with Gasteiger partial charge in [0.1, 0.15) is 5.54 Å². The molecule has 2 aliphatic rings. The quantitative estimate of drug-likeness (QED) is 0.390. The van der Waals surface area contributed by atoms with Crippen LogP contribution in [0.15, 0.2) is 42.5 Å². The van der Waals surface area contributed by atoms with Gasteiger partial charge in [0.05, 0.1) is 23.2 Å². The molecule has 2 aromatic rings. The number of nitrogens with zero attached hydrogens (tertiary/aromatic N) is 3. The van der Waals surface area contributed by atoms with Gasteiger partial charge < -0.3 is 10.2 Å². The van der Waals surface area contributed by atoms with Crippen LogP contribution in [0.4, 0.5) is 11.4 Å². The van der Waals surface area contributed by atoms with Gasteiger partial charge in [0.2, 0.25) is 0 Å². The first kappa shape index (κ1) is 22.0. The van der Waals surface area contributed by atoms with Crippen molar-refractivity contribution in [3.05, 3.63) is 59.2 Å². The van der Waals surface area contributed by atoms with E-state index in [0.717, 1.165) is 49.8 Å². The van der Waals surface area contributed by atoms with E-state index in [0.29, 0.717) is 22.2 Å². The largest absolute Gasteiger partial charge is 0.377 e. The van der Waals surface area contributed by atoms with Crippen LogP contribution in [-0.4, -0.2) is 29.4 Å². The lowest BCUT2D eigenvalue weighted by Gasteiger charge is -2.43. The molecule has 2 N–H and O–H groups in total. The van der Waals surface area contributed by atoms with Crippen LogP contribution in [0.2, 0.25) is 0 Å². The van der Waals surface area contributed by atoms with E-state index in [1.807, 2.05) is 30.0 Å². The molecule has 164 valence electrons. The second-order valence-corrected chi connectivity index (χ2v) is 8.87. The highest BCUT2D eigenvalue weighted by atomic mass is 32.1. The first-order valence-corrected chi connectivity index (χ1v) is 11.4. The van der Waals surface area contributed by atoms with Crippen molar-refractivity contribution in [1.82, 2.24) is 5.32 Å². The Morgan fingerprint density at radius 3 is 2.47 bits per heavy atom. The maximum Gasteiger partial charge on any atom is 0.259 e. The average Bonchev–Trinajstić information content (AvgIpc) is 3.00. The Morgan fingerprint density at radius 2 is 1.91 bits per heavy atom. The summed E-state index contributed by atoms with van der Waals surface area (Å²) in [7, 11) is 1.77. The van der Waals surface area contributed by atoms with Gasteiger partial charge in [-0.05, 0) is 92.7 Å². The highest BCUT2D eigenvalue weighted by Crippen LogP contribution is 2.47. The number of hydrogen-bond acceptors (Lipinski definition) is 4. The molecule has 2 fully saturated rings. The predicted octanol–water partition coefficient (Wildman–Crippen LogP) is 4.45. The van der Waals surface area contributed by atoms with Gasteiger partial charge in [-0.1, -0.05) is 12.1 Å². The monoisotopic (exact) mass is 445 g/mol. The van der Waals surface area contributed by atoms with E-state index in [1.54, 1.807) is 24.1 Å². The van der Waals surface area contributed by atoms with Crippen molar-refractivity contribution in [2.75, 3.05) is 16.8 Å². The normalized spacial score (nSPS) is 16.8. The fraction of sp³-hybridized carbons (Fsp3) is 0.360. The first-order chi connectivity index (χ1) is 15.4. The number of nitrogens with one attached hydrogen (secondary N) is 2. The van der Waals surface area contributed by atoms with E-state index in [-0.39, 0.29) is 5.91 Å². The zero-order chi connectivity index (χ0) is 22.9. The number of benzene rings is 2. The highest BCUT2D eigenvalue weighted by Gasteiger charge is 2.59. The highest BCUT2D eigenvalue weighted by molar-refractivity contribution is 7.81. The molecule has 1 aliphatic heterocycles. The minimum Gasteiger partial charge on any atom is -0.377 e. The van der Waals surface area contributed by atoms with Gasteiger partial charge in [-0.15, -0.1) is 0 Å². The van der Waals surface area contributed by atoms with Gasteiger partial charge in [0.15, 0.2) is 5.11 Å². The van der Waals surface area contributed by atoms with E-state index in [1.165, 1.54) is 5.56 Å². The van der Waals surface area contributed by atoms with Crippen LogP contribution in [0, 0.1) is 23.7 Å². The molecule has 32 heavy (non-hydrogen) atoms. The number of amidine groups is 1. The van der Waals surface area contributed by atoms with Gasteiger partial charge in [-0.2, -0.15) is 5.26 Å². The smallest absolute Gasteiger partial charge is 0.259 e. The second kappa shape index (κ2) is 8.71. The molecule has 1 heterocycles. The lowest BCUT2D eigenvalue weighted by atomic mass is 9.75. The van der Waals surface area contributed by atoms with Crippen LogP contribution >= 0.6 is 12.2 Å². The number of carbonyl (C=O) groups is 1. The topological polar surface area (TPSA) is 83.2 Å². The SMILES string of the molecule is CNC(=N)CCCc1ccc(N2C(=S)N(c3ccc(C#N)c(C)c3)C(=O)C23CCC3)cc1. The summed E-state index contributed by atoms with van der Waals surface area (Å²) in [6.45, 7) is 1.87. The first-order valence-electron chi connectivity index (χ1n) is 10.9. The van der Waals surface area contributed by atoms with Gasteiger partial charge >= 0.3 is 0 Å². The Balaban J connectivity index is 1.59. The molecule has 0 radical (unpaired) electrons. The minimum absolute atomic E-state index is 0.0208. The van der Waals surface area contributed by atoms with E-state index in [9.17, 15) is 10.1 Å². The molecule has 1 amide bonds. The Labute approximate surface area is 194 Å². The summed E-state index contributed by atoms with van der Waals surface area (Å²) >= 11 is 5.84. The molecule has 0 aromatic heterocycles. The predicted molar refractivity (Wildman–Crippen MR) is 131 cm³/mol. The molecule has 4 rings (SSSR count). The van der Waals surface area contributed by atoms with Crippen LogP contribution in [-0.2, 0) is 11.2 Å². The van der Waals surface area contributed by atoms with Crippen molar-refractivity contribution in [3.63, 3.8) is 0 Å². The Morgan fingerprint density at radius 1 is 1.22 bits per heavy atom. The number of amides is 1. The van der Waals surface area contributed by atoms with Gasteiger partial charge in [0, 0.05) is 19.2 Å². The minimum atomic E-state index is -0.609. The molecule has 1 aliphatic carbocycles. The van der Waals surface area contributed by atoms with E-state index in [4.69, 9.17) is 17.6 Å². The molecule has 0 unspecified atom stereocenters. The Bertz CT molecular complexity index is 1110. The third-order valence-corrected chi connectivity index (χ3v) is 6.93. The number of nitriles is 1. The molecule has 0 bridgehead atoms. The van der Waals surface area contributed by atoms with Gasteiger partial charge in [-0.25, -0.2) is 0 Å². The summed E-state index contributed by atoms with van der Waals surface area (Å²) in [5.74, 6) is 0.570. The van der Waals surface area contributed by atoms with E-state index < -0.39 is 5.54 Å². The molecule has 1 saturated carbocycles. The van der Waals surface area contributed by atoms with Gasteiger partial charge in [-0.3, -0.25) is 15.1 Å². The lowest BCUT2D eigenvalue weighted by molar-refractivity contribution is -0.123. The summed E-state index contributed by atoms with van der Waals surface area (Å²) in [6.07, 6.45) is 5.10. The second-order valence-electron chi connectivity index (χ2n) is 8.50. The van der Waals surface area contributed by atoms with Crippen LogP contribution in [0.25, 0.3) is 0 Å². The third kappa shape index (κ3) is 3.65. The third-order valence-electron chi connectivity index (χ3n) is 6.57. The number of anilines is 2. The standard InChI is InChI=1S/C25H27N5OS/c1-17-15-21(12-9-19(17)16-26)29-23(31)25(13-4-14-25)30(24(29)32)20-10-7-18(8-11-20)5-3-6-22(27)28-2/h7-12,15H,3-6,13-14H2,1-2H3,(H2,27,28). The number of thiocarbonyl (C=S) groups is 1. The van der Waals surface area contributed by atoms with Crippen LogP contribution < -0.4 is 15.1 Å². The number of hydrogen-bond donors (Lipinski definition) is 2. The fourth-order valence-corrected chi connectivity index (χ4v) is 4.99. The molecule has 1 spiro atoms. The fourth-order valence-electron chi connectivity index (χ4n) is 4.53. The zero-order valence-corrected chi connectivity index (χ0v) is 19.3. The molecule has 7 heteroatoms. The molecular weight excluding hydrogens is 418 g/mol. The molecule has 0 atom stereocenters. The Hall–Kier alpha value is -3.24. The maximum atomic E-state index is 13.6. The summed E-state index contributed by atoms with van der Waals surface area (Å²) in [6, 6.07) is 15.9. The van der Waals surface area contributed by atoms with Crippen molar-refractivity contribution in [2.45, 2.75) is 51.0 Å². The van der Waals surface area contributed by atoms with Gasteiger partial charge in [0.25, 0.3) is 5.91 Å². The molecule has 6 nitrogen and oxygen atoms in total. The number of rotatable bonds is 6. The van der Waals surface area contributed by atoms with Crippen molar-refractivity contribution in [2.24, 2.45) is 0 Å². The van der Waals surface area contributed by atoms with Crippen molar-refractivity contribution < 1.29 is 4.79 Å². The Kier molecular flexibility index (Phi) is 5.98.